The summed E-state index contributed by atoms with van der Waals surface area (Å²) in [5.41, 5.74) is 3.16. The van der Waals surface area contributed by atoms with Crippen molar-refractivity contribution in [3.05, 3.63) is 28.8 Å². The van der Waals surface area contributed by atoms with Crippen molar-refractivity contribution in [3.63, 3.8) is 0 Å². The maximum absolute atomic E-state index is 9.47. The molecule has 0 bridgehead atoms. The summed E-state index contributed by atoms with van der Waals surface area (Å²) in [5, 5.41) is 9.47. The molecule has 1 aliphatic rings. The summed E-state index contributed by atoms with van der Waals surface area (Å²) in [4.78, 5) is 0. The molecule has 17 heavy (non-hydrogen) atoms. The number of benzene rings is 1. The molecule has 1 atom stereocenters. The topological polar surface area (TPSA) is 33.0 Å². The molecule has 0 saturated heterocycles. The van der Waals surface area contributed by atoms with Crippen LogP contribution in [0, 0.1) is 30.6 Å². The first-order chi connectivity index (χ1) is 7.88. The molecule has 0 heterocycles. The zero-order valence-electron chi connectivity index (χ0n) is 11.2. The molecule has 2 heteroatoms. The van der Waals surface area contributed by atoms with Crippen LogP contribution in [0.1, 0.15) is 37.0 Å². The Hall–Kier alpha value is -1.49. The minimum atomic E-state index is -0.297. The zero-order valence-corrected chi connectivity index (χ0v) is 11.2. The number of aryl methyl sites for hydroxylation is 2. The Morgan fingerprint density at radius 3 is 2.00 bits per heavy atom. The van der Waals surface area contributed by atoms with E-state index in [9.17, 15) is 5.26 Å². The number of nitrogens with zero attached hydrogens (tertiary/aromatic N) is 1. The van der Waals surface area contributed by atoms with E-state index in [2.05, 4.69) is 32.0 Å². The monoisotopic (exact) mass is 229 g/mol. The SMILES string of the molecule is COc1c(C)cc(C2(C#N)CC2(C)C)cc1C. The summed E-state index contributed by atoms with van der Waals surface area (Å²) in [6.45, 7) is 8.39. The molecule has 0 amide bonds. The summed E-state index contributed by atoms with van der Waals surface area (Å²) >= 11 is 0. The van der Waals surface area contributed by atoms with E-state index in [4.69, 9.17) is 4.74 Å². The highest BCUT2D eigenvalue weighted by Crippen LogP contribution is 2.64. The van der Waals surface area contributed by atoms with E-state index >= 15 is 0 Å². The molecule has 1 fully saturated rings. The van der Waals surface area contributed by atoms with E-state index < -0.39 is 0 Å². The molecular weight excluding hydrogens is 210 g/mol. The highest BCUT2D eigenvalue weighted by atomic mass is 16.5. The van der Waals surface area contributed by atoms with E-state index in [1.807, 2.05) is 13.8 Å². The number of rotatable bonds is 2. The van der Waals surface area contributed by atoms with Gasteiger partial charge in [-0.1, -0.05) is 26.0 Å². The molecule has 0 aromatic heterocycles. The van der Waals surface area contributed by atoms with Gasteiger partial charge in [-0.3, -0.25) is 0 Å². The van der Waals surface area contributed by atoms with Gasteiger partial charge in [0, 0.05) is 0 Å². The zero-order chi connectivity index (χ0) is 12.8. The molecule has 2 nitrogen and oxygen atoms in total. The molecule has 0 spiro atoms. The van der Waals surface area contributed by atoms with Gasteiger partial charge in [-0.15, -0.1) is 0 Å². The first kappa shape index (κ1) is 12.0. The van der Waals surface area contributed by atoms with Crippen molar-refractivity contribution in [1.82, 2.24) is 0 Å². The second kappa shape index (κ2) is 3.50. The minimum absolute atomic E-state index is 0.0925. The largest absolute Gasteiger partial charge is 0.496 e. The smallest absolute Gasteiger partial charge is 0.124 e. The van der Waals surface area contributed by atoms with Gasteiger partial charge in [0.2, 0.25) is 0 Å². The normalized spacial score (nSPS) is 25.2. The maximum atomic E-state index is 9.47. The average Bonchev–Trinajstić information content (AvgIpc) is 2.82. The van der Waals surface area contributed by atoms with Gasteiger partial charge < -0.3 is 4.74 Å². The molecular formula is C15H19NO. The molecule has 0 N–H and O–H groups in total. The van der Waals surface area contributed by atoms with Gasteiger partial charge in [0.05, 0.1) is 18.6 Å². The van der Waals surface area contributed by atoms with Gasteiger partial charge in [0.1, 0.15) is 5.75 Å². The van der Waals surface area contributed by atoms with Crippen LogP contribution in [0.2, 0.25) is 0 Å². The second-order valence-electron chi connectivity index (χ2n) is 5.72. The van der Waals surface area contributed by atoms with Gasteiger partial charge in [-0.2, -0.15) is 5.26 Å². The quantitative estimate of drug-likeness (QED) is 0.777. The molecule has 90 valence electrons. The Labute approximate surface area is 103 Å². The molecule has 1 aromatic rings. The molecule has 2 rings (SSSR count). The lowest BCUT2D eigenvalue weighted by Crippen LogP contribution is -2.12. The van der Waals surface area contributed by atoms with Gasteiger partial charge in [0.25, 0.3) is 0 Å². The van der Waals surface area contributed by atoms with Crippen molar-refractivity contribution in [2.75, 3.05) is 7.11 Å². The predicted octanol–water partition coefficient (Wildman–Crippen LogP) is 3.50. The fraction of sp³-hybridized carbons (Fsp3) is 0.533. The third-order valence-corrected chi connectivity index (χ3v) is 4.09. The van der Waals surface area contributed by atoms with E-state index in [1.54, 1.807) is 7.11 Å². The lowest BCUT2D eigenvalue weighted by molar-refractivity contribution is 0.408. The molecule has 0 aliphatic heterocycles. The molecule has 1 unspecified atom stereocenters. The van der Waals surface area contributed by atoms with E-state index in [0.717, 1.165) is 28.9 Å². The van der Waals surface area contributed by atoms with E-state index in [-0.39, 0.29) is 10.8 Å². The third kappa shape index (κ3) is 1.53. The maximum Gasteiger partial charge on any atom is 0.124 e. The van der Waals surface area contributed by atoms with Crippen LogP contribution < -0.4 is 4.74 Å². The van der Waals surface area contributed by atoms with E-state index in [1.165, 1.54) is 0 Å². The lowest BCUT2D eigenvalue weighted by atomic mass is 9.87. The summed E-state index contributed by atoms with van der Waals surface area (Å²) in [6.07, 6.45) is 0.946. The van der Waals surface area contributed by atoms with Crippen molar-refractivity contribution in [3.8, 4) is 11.8 Å². The van der Waals surface area contributed by atoms with Crippen LogP contribution in [0.15, 0.2) is 12.1 Å². The van der Waals surface area contributed by atoms with Crippen molar-refractivity contribution in [2.24, 2.45) is 5.41 Å². The Morgan fingerprint density at radius 2 is 1.71 bits per heavy atom. The van der Waals surface area contributed by atoms with Crippen LogP contribution in [0.4, 0.5) is 0 Å². The van der Waals surface area contributed by atoms with Crippen LogP contribution in [0.25, 0.3) is 0 Å². The summed E-state index contributed by atoms with van der Waals surface area (Å²) in [6, 6.07) is 6.71. The number of hydrogen-bond acceptors (Lipinski definition) is 2. The fourth-order valence-electron chi connectivity index (χ4n) is 2.89. The van der Waals surface area contributed by atoms with Crippen molar-refractivity contribution < 1.29 is 4.74 Å². The third-order valence-electron chi connectivity index (χ3n) is 4.09. The van der Waals surface area contributed by atoms with Gasteiger partial charge in [-0.25, -0.2) is 0 Å². The predicted molar refractivity (Wildman–Crippen MR) is 68.2 cm³/mol. The van der Waals surface area contributed by atoms with Crippen LogP contribution >= 0.6 is 0 Å². The summed E-state index contributed by atoms with van der Waals surface area (Å²) in [7, 11) is 1.69. The Balaban J connectivity index is 2.54. The van der Waals surface area contributed by atoms with Crippen molar-refractivity contribution in [2.45, 2.75) is 39.5 Å². The lowest BCUT2D eigenvalue weighted by Gasteiger charge is -2.16. The van der Waals surface area contributed by atoms with Gasteiger partial charge >= 0.3 is 0 Å². The molecule has 1 saturated carbocycles. The number of hydrogen-bond donors (Lipinski definition) is 0. The Bertz CT molecular complexity index is 487. The van der Waals surface area contributed by atoms with Crippen LogP contribution in [-0.2, 0) is 5.41 Å². The van der Waals surface area contributed by atoms with Gasteiger partial charge in [-0.05, 0) is 42.4 Å². The van der Waals surface area contributed by atoms with Crippen LogP contribution in [0.3, 0.4) is 0 Å². The summed E-state index contributed by atoms with van der Waals surface area (Å²) < 4.78 is 5.37. The molecule has 1 aliphatic carbocycles. The van der Waals surface area contributed by atoms with Crippen LogP contribution in [-0.4, -0.2) is 7.11 Å². The average molecular weight is 229 g/mol. The molecule has 0 radical (unpaired) electrons. The van der Waals surface area contributed by atoms with Gasteiger partial charge in [0.15, 0.2) is 0 Å². The number of methoxy groups -OCH3 is 1. The Kier molecular flexibility index (Phi) is 2.47. The number of ether oxygens (including phenoxy) is 1. The Morgan fingerprint density at radius 1 is 1.24 bits per heavy atom. The minimum Gasteiger partial charge on any atom is -0.496 e. The second-order valence-corrected chi connectivity index (χ2v) is 5.72. The first-order valence-corrected chi connectivity index (χ1v) is 5.95. The van der Waals surface area contributed by atoms with Crippen LogP contribution in [0.5, 0.6) is 5.75 Å². The van der Waals surface area contributed by atoms with Crippen molar-refractivity contribution in [1.29, 1.82) is 5.26 Å². The number of nitriles is 1. The van der Waals surface area contributed by atoms with E-state index in [0.29, 0.717) is 0 Å². The van der Waals surface area contributed by atoms with Crippen molar-refractivity contribution >= 4 is 0 Å². The summed E-state index contributed by atoms with van der Waals surface area (Å²) in [5.74, 6) is 0.931. The highest BCUT2D eigenvalue weighted by molar-refractivity contribution is 5.52. The highest BCUT2D eigenvalue weighted by Gasteiger charge is 2.63. The standard InChI is InChI=1S/C15H19NO/c1-10-6-12(7-11(2)13(10)17-5)15(9-16)8-14(15,3)4/h6-7H,8H2,1-5H3. The fourth-order valence-corrected chi connectivity index (χ4v) is 2.89. The first-order valence-electron chi connectivity index (χ1n) is 5.95. The molecule has 1 aromatic carbocycles.